The summed E-state index contributed by atoms with van der Waals surface area (Å²) >= 11 is 0. The quantitative estimate of drug-likeness (QED) is 0.538. The Bertz CT molecular complexity index is 25.2. The van der Waals surface area contributed by atoms with Crippen molar-refractivity contribution in [2.45, 2.75) is 0 Å². The third-order valence-corrected chi connectivity index (χ3v) is 0. The Morgan fingerprint density at radius 2 is 1.17 bits per heavy atom. The van der Waals surface area contributed by atoms with Crippen LogP contribution in [-0.2, 0) is 70.7 Å². The Morgan fingerprint density at radius 3 is 1.17 bits per heavy atom. The molecule has 0 heterocycles. The van der Waals surface area contributed by atoms with Gasteiger partial charge in [0.15, 0.2) is 0 Å². The van der Waals surface area contributed by atoms with Gasteiger partial charge in [-0.3, -0.25) is 0 Å². The Labute approximate surface area is 134 Å². The molecular formula is H4CaCuFeMgMnZn. The van der Waals surface area contributed by atoms with E-state index in [1.54, 1.807) is 0 Å². The third kappa shape index (κ3) is 24.1. The van der Waals surface area contributed by atoms with E-state index in [-0.39, 0.29) is 137 Å². The minimum Gasteiger partial charge on any atom is -1.00 e. The van der Waals surface area contributed by atoms with Gasteiger partial charge in [0.05, 0.1) is 0 Å². The van der Waals surface area contributed by atoms with Crippen molar-refractivity contribution in [1.29, 1.82) is 0 Å². The Kier molecular flexibility index (Phi) is 285. The zero-order chi connectivity index (χ0) is 0. The minimum absolute atomic E-state index is 0. The summed E-state index contributed by atoms with van der Waals surface area (Å²) in [6.45, 7) is 0. The topological polar surface area (TPSA) is 0 Å². The van der Waals surface area contributed by atoms with Crippen LogP contribution in [0.2, 0.25) is 0 Å². The fourth-order valence-electron chi connectivity index (χ4n) is 0. The van der Waals surface area contributed by atoms with Crippen LogP contribution in [0.25, 0.3) is 0 Å². The summed E-state index contributed by atoms with van der Waals surface area (Å²) in [5, 5.41) is 0. The van der Waals surface area contributed by atoms with Crippen molar-refractivity contribution in [1.82, 2.24) is 0 Å². The third-order valence-electron chi connectivity index (χ3n) is 0. The molecule has 0 aliphatic carbocycles. The maximum Gasteiger partial charge on any atom is 2.00 e. The maximum absolute atomic E-state index is 0. The second-order valence-electron chi connectivity index (χ2n) is 0. The molecule has 2 radical (unpaired) electrons. The molecule has 0 saturated carbocycles. The fraction of sp³-hybridized carbons (Fsp3) is 0. The van der Waals surface area contributed by atoms with E-state index < -0.39 is 0 Å². The molecule has 0 atom stereocenters. The predicted octanol–water partition coefficient (Wildman–Crippen LogP) is -0.322. The van der Waals surface area contributed by atoms with Gasteiger partial charge in [-0.05, 0) is 0 Å². The van der Waals surface area contributed by atoms with Crippen LogP contribution in [0.15, 0.2) is 0 Å². The van der Waals surface area contributed by atoms with Crippen LogP contribution in [0.5, 0.6) is 0 Å². The van der Waals surface area contributed by atoms with E-state index in [0.29, 0.717) is 0 Å². The SMILES string of the molecule is [Ca+2].[Cu].[Fe].[H-].[H-].[H-].[H-].[Mg+2].[Mn].[Zn]. The molecule has 0 nitrogen and oxygen atoms in total. The standard InChI is InChI=1S/Ca.Cu.Fe.Mg.Mn.Zn.4H/q+2;;;+2;;;4*-1. The minimum atomic E-state index is 0. The molecule has 0 saturated heterocycles. The molecule has 0 aliphatic rings. The van der Waals surface area contributed by atoms with Crippen LogP contribution >= 0.6 is 0 Å². The van der Waals surface area contributed by atoms with Crippen molar-refractivity contribution in [2.75, 3.05) is 0 Å². The average Bonchev–Trinajstić information content (AvgIpc) is 0. The summed E-state index contributed by atoms with van der Waals surface area (Å²) in [6, 6.07) is 0. The van der Waals surface area contributed by atoms with Crippen LogP contribution in [0.1, 0.15) is 5.71 Å². The van der Waals surface area contributed by atoms with Crippen LogP contribution in [0.3, 0.4) is 0 Å². The molecule has 0 aliphatic heterocycles. The number of hydrogen-bond donors (Lipinski definition) is 0. The molecule has 0 amide bonds. The van der Waals surface area contributed by atoms with Gasteiger partial charge in [0.1, 0.15) is 0 Å². The molecule has 0 unspecified atom stereocenters. The summed E-state index contributed by atoms with van der Waals surface area (Å²) in [7, 11) is 0. The van der Waals surface area contributed by atoms with Crippen molar-refractivity contribution in [3.63, 3.8) is 0 Å². The summed E-state index contributed by atoms with van der Waals surface area (Å²) in [4.78, 5) is 0. The average molecular weight is 308 g/mol. The van der Waals surface area contributed by atoms with Gasteiger partial charge in [0, 0.05) is 70.7 Å². The molecular weight excluding hydrogens is 304 g/mol. The Hall–Kier alpha value is 4.21. The van der Waals surface area contributed by atoms with Gasteiger partial charge in [-0.25, -0.2) is 0 Å². The molecule has 0 aromatic heterocycles. The van der Waals surface area contributed by atoms with Crippen molar-refractivity contribution in [3.8, 4) is 0 Å². The van der Waals surface area contributed by atoms with Gasteiger partial charge in [0.25, 0.3) is 0 Å². The van der Waals surface area contributed by atoms with Crippen molar-refractivity contribution < 1.29 is 76.4 Å². The largest absolute Gasteiger partial charge is 2.00 e. The monoisotopic (exact) mass is 306 g/mol. The Morgan fingerprint density at radius 1 is 1.17 bits per heavy atom. The molecule has 0 aromatic carbocycles. The van der Waals surface area contributed by atoms with E-state index in [1.807, 2.05) is 0 Å². The van der Waals surface area contributed by atoms with Gasteiger partial charge in [0.2, 0.25) is 0 Å². The van der Waals surface area contributed by atoms with Crippen molar-refractivity contribution in [3.05, 3.63) is 0 Å². The summed E-state index contributed by atoms with van der Waals surface area (Å²) in [6.07, 6.45) is 0. The summed E-state index contributed by atoms with van der Waals surface area (Å²) < 4.78 is 0. The van der Waals surface area contributed by atoms with Crippen LogP contribution in [0, 0.1) is 0 Å². The van der Waals surface area contributed by atoms with Gasteiger partial charge < -0.3 is 5.71 Å². The van der Waals surface area contributed by atoms with Gasteiger partial charge in [-0.2, -0.15) is 0 Å². The van der Waals surface area contributed by atoms with E-state index in [9.17, 15) is 0 Å². The van der Waals surface area contributed by atoms with Crippen LogP contribution in [-0.4, -0.2) is 60.8 Å². The molecule has 6 heteroatoms. The molecule has 6 heavy (non-hydrogen) atoms. The second-order valence-corrected chi connectivity index (χ2v) is 0. The summed E-state index contributed by atoms with van der Waals surface area (Å²) in [5.41, 5.74) is 0. The van der Waals surface area contributed by atoms with Crippen molar-refractivity contribution >= 4 is 60.8 Å². The van der Waals surface area contributed by atoms with Crippen molar-refractivity contribution in [2.24, 2.45) is 0 Å². The van der Waals surface area contributed by atoms with E-state index in [2.05, 4.69) is 0 Å². The Balaban J connectivity index is 0. The molecule has 0 N–H and O–H groups in total. The molecule has 36 valence electrons. The maximum atomic E-state index is 0. The molecule has 0 aromatic rings. The molecule has 0 fully saturated rings. The first-order chi connectivity index (χ1) is 0. The first kappa shape index (κ1) is 48.9. The molecule has 0 spiro atoms. The summed E-state index contributed by atoms with van der Waals surface area (Å²) in [5.74, 6) is 0. The van der Waals surface area contributed by atoms with Gasteiger partial charge in [-0.15, -0.1) is 0 Å². The van der Waals surface area contributed by atoms with Gasteiger partial charge >= 0.3 is 60.8 Å². The first-order valence-electron chi connectivity index (χ1n) is 0. The smallest absolute Gasteiger partial charge is 1.00 e. The normalized spacial score (nSPS) is 0. The number of hydrogen-bond acceptors (Lipinski definition) is 0. The van der Waals surface area contributed by atoms with E-state index in [4.69, 9.17) is 0 Å². The van der Waals surface area contributed by atoms with Crippen LogP contribution in [0.4, 0.5) is 0 Å². The molecule has 0 rings (SSSR count). The predicted molar refractivity (Wildman–Crippen MR) is 16.0 cm³/mol. The zero-order valence-corrected chi connectivity index (χ0v) is 13.0. The molecule has 0 bridgehead atoms. The number of rotatable bonds is 0. The zero-order valence-electron chi connectivity index (χ0n) is 7.15. The van der Waals surface area contributed by atoms with E-state index in [0.717, 1.165) is 0 Å². The first-order valence-corrected chi connectivity index (χ1v) is 0. The fourth-order valence-corrected chi connectivity index (χ4v) is 0. The second kappa shape index (κ2) is 35.0. The van der Waals surface area contributed by atoms with Crippen LogP contribution < -0.4 is 0 Å². The van der Waals surface area contributed by atoms with E-state index >= 15 is 0 Å². The van der Waals surface area contributed by atoms with Gasteiger partial charge in [-0.1, -0.05) is 0 Å². The van der Waals surface area contributed by atoms with E-state index in [1.165, 1.54) is 0 Å².